The van der Waals surface area contributed by atoms with E-state index in [-0.39, 0.29) is 37.5 Å². The fourth-order valence-corrected chi connectivity index (χ4v) is 4.10. The van der Waals surface area contributed by atoms with Gasteiger partial charge in [0.05, 0.1) is 12.4 Å². The van der Waals surface area contributed by atoms with Crippen molar-refractivity contribution in [2.75, 3.05) is 13.7 Å². The zero-order valence-electron chi connectivity index (χ0n) is 19.3. The monoisotopic (exact) mass is 413 g/mol. The van der Waals surface area contributed by atoms with Crippen LogP contribution in [-0.4, -0.2) is 27.3 Å². The van der Waals surface area contributed by atoms with Crippen LogP contribution in [0.3, 0.4) is 0 Å². The van der Waals surface area contributed by atoms with E-state index >= 15 is 0 Å². The SMILES string of the molecule is CCCCCCCC/C=C\CCCCCCCCC(CN)S(=O)(=O)OC.[H-].[Na+]. The van der Waals surface area contributed by atoms with E-state index < -0.39 is 15.4 Å². The van der Waals surface area contributed by atoms with Crippen molar-refractivity contribution in [3.05, 3.63) is 12.2 Å². The average molecular weight is 414 g/mol. The normalized spacial score (nSPS) is 13.0. The Morgan fingerprint density at radius 2 is 1.30 bits per heavy atom. The molecule has 6 heteroatoms. The third-order valence-corrected chi connectivity index (χ3v) is 6.65. The van der Waals surface area contributed by atoms with Crippen LogP contribution in [0.5, 0.6) is 0 Å². The van der Waals surface area contributed by atoms with E-state index in [1.165, 1.54) is 84.2 Å². The molecule has 0 aromatic rings. The van der Waals surface area contributed by atoms with Crippen molar-refractivity contribution in [3.8, 4) is 0 Å². The van der Waals surface area contributed by atoms with E-state index in [9.17, 15) is 8.42 Å². The molecule has 158 valence electrons. The van der Waals surface area contributed by atoms with Gasteiger partial charge in [0.25, 0.3) is 10.1 Å². The summed E-state index contributed by atoms with van der Waals surface area (Å²) in [6.45, 7) is 2.40. The van der Waals surface area contributed by atoms with Gasteiger partial charge in [-0.05, 0) is 32.1 Å². The third kappa shape index (κ3) is 18.4. The number of hydrogen-bond donors (Lipinski definition) is 1. The van der Waals surface area contributed by atoms with Crippen LogP contribution in [0.2, 0.25) is 0 Å². The molecule has 0 aliphatic carbocycles. The number of nitrogens with two attached hydrogens (primary N) is 1. The van der Waals surface area contributed by atoms with Crippen LogP contribution in [-0.2, 0) is 14.3 Å². The summed E-state index contributed by atoms with van der Waals surface area (Å²) in [5.74, 6) is 0. The van der Waals surface area contributed by atoms with Crippen molar-refractivity contribution in [2.45, 2.75) is 108 Å². The number of rotatable bonds is 19. The Labute approximate surface area is 193 Å². The smallest absolute Gasteiger partial charge is 1.00 e. The Morgan fingerprint density at radius 1 is 0.852 bits per heavy atom. The molecule has 0 aliphatic heterocycles. The predicted molar refractivity (Wildman–Crippen MR) is 114 cm³/mol. The van der Waals surface area contributed by atoms with Gasteiger partial charge in [-0.15, -0.1) is 0 Å². The van der Waals surface area contributed by atoms with E-state index in [1.807, 2.05) is 0 Å². The second kappa shape index (κ2) is 21.3. The second-order valence-electron chi connectivity index (χ2n) is 7.24. The first-order valence-electron chi connectivity index (χ1n) is 10.7. The maximum atomic E-state index is 11.6. The summed E-state index contributed by atoms with van der Waals surface area (Å²) in [6.07, 6.45) is 22.8. The summed E-state index contributed by atoms with van der Waals surface area (Å²) < 4.78 is 27.8. The summed E-state index contributed by atoms with van der Waals surface area (Å²) >= 11 is 0. The third-order valence-electron chi connectivity index (χ3n) is 4.94. The van der Waals surface area contributed by atoms with Crippen molar-refractivity contribution >= 4 is 10.1 Å². The molecule has 0 spiro atoms. The molecule has 0 rings (SSSR count). The number of hydrogen-bond acceptors (Lipinski definition) is 4. The van der Waals surface area contributed by atoms with Crippen molar-refractivity contribution < 1.29 is 43.6 Å². The maximum absolute atomic E-state index is 11.6. The molecule has 0 saturated heterocycles. The molecular weight excluding hydrogens is 369 g/mol. The van der Waals surface area contributed by atoms with Crippen LogP contribution in [0.25, 0.3) is 0 Å². The minimum absolute atomic E-state index is 0. The second-order valence-corrected chi connectivity index (χ2v) is 9.23. The topological polar surface area (TPSA) is 69.4 Å². The van der Waals surface area contributed by atoms with Gasteiger partial charge in [-0.2, -0.15) is 8.42 Å². The quantitative estimate of drug-likeness (QED) is 0.153. The van der Waals surface area contributed by atoms with Gasteiger partial charge in [0.15, 0.2) is 0 Å². The molecule has 0 amide bonds. The van der Waals surface area contributed by atoms with Crippen LogP contribution in [0.4, 0.5) is 0 Å². The Bertz CT molecular complexity index is 433. The molecule has 2 N–H and O–H groups in total. The molecular formula is C21H44NNaO3S. The largest absolute Gasteiger partial charge is 1.00 e. The number of unbranched alkanes of at least 4 members (excludes halogenated alkanes) is 12. The first kappa shape index (κ1) is 29.8. The molecule has 0 saturated carbocycles. The van der Waals surface area contributed by atoms with Gasteiger partial charge in [0.2, 0.25) is 0 Å². The zero-order chi connectivity index (χ0) is 19.5. The molecule has 27 heavy (non-hydrogen) atoms. The molecule has 0 aliphatic rings. The van der Waals surface area contributed by atoms with Gasteiger partial charge in [-0.1, -0.05) is 83.3 Å². The standard InChI is InChI=1S/C21H43NO3S.Na.H/c1-3-4-5-6-7-8-9-10-11-12-13-14-15-16-17-18-19-21(20-22)26(23,24)25-2;;/h10-11,21H,3-9,12-20,22H2,1-2H3;;/q;+1;-1/b11-10-;;. The molecule has 1 atom stereocenters. The number of allylic oxidation sites excluding steroid dienone is 2. The maximum Gasteiger partial charge on any atom is 1.00 e. The molecule has 0 fully saturated rings. The summed E-state index contributed by atoms with van der Waals surface area (Å²) in [4.78, 5) is 0. The molecule has 0 bridgehead atoms. The molecule has 0 radical (unpaired) electrons. The van der Waals surface area contributed by atoms with Crippen LogP contribution in [0, 0.1) is 0 Å². The first-order chi connectivity index (χ1) is 12.6. The summed E-state index contributed by atoms with van der Waals surface area (Å²) in [5, 5.41) is -0.552. The summed E-state index contributed by atoms with van der Waals surface area (Å²) in [6, 6.07) is 0. The van der Waals surface area contributed by atoms with Gasteiger partial charge in [-0.3, -0.25) is 4.18 Å². The van der Waals surface area contributed by atoms with Crippen molar-refractivity contribution in [3.63, 3.8) is 0 Å². The first-order valence-corrected chi connectivity index (χ1v) is 12.2. The molecule has 1 unspecified atom stereocenters. The summed E-state index contributed by atoms with van der Waals surface area (Å²) in [5.41, 5.74) is 5.54. The van der Waals surface area contributed by atoms with E-state index in [4.69, 9.17) is 5.73 Å². The molecule has 4 nitrogen and oxygen atoms in total. The van der Waals surface area contributed by atoms with E-state index in [2.05, 4.69) is 23.3 Å². The van der Waals surface area contributed by atoms with Crippen molar-refractivity contribution in [2.24, 2.45) is 5.73 Å². The summed E-state index contributed by atoms with van der Waals surface area (Å²) in [7, 11) is -2.26. The fourth-order valence-electron chi connectivity index (χ4n) is 3.14. The van der Waals surface area contributed by atoms with Crippen molar-refractivity contribution in [1.82, 2.24) is 0 Å². The van der Waals surface area contributed by atoms with Crippen molar-refractivity contribution in [1.29, 1.82) is 0 Å². The molecule has 0 aromatic heterocycles. The Morgan fingerprint density at radius 3 is 1.74 bits per heavy atom. The van der Waals surface area contributed by atoms with E-state index in [0.717, 1.165) is 12.8 Å². The van der Waals surface area contributed by atoms with E-state index in [0.29, 0.717) is 6.42 Å². The molecule has 0 aromatic carbocycles. The van der Waals surface area contributed by atoms with Gasteiger partial charge in [0, 0.05) is 6.54 Å². The van der Waals surface area contributed by atoms with Gasteiger partial charge >= 0.3 is 29.6 Å². The Hall–Kier alpha value is 0.610. The zero-order valence-corrected chi connectivity index (χ0v) is 21.1. The predicted octanol–water partition coefficient (Wildman–Crippen LogP) is 2.83. The van der Waals surface area contributed by atoms with Gasteiger partial charge in [0.1, 0.15) is 0 Å². The average Bonchev–Trinajstić information content (AvgIpc) is 2.64. The van der Waals surface area contributed by atoms with Gasteiger partial charge < -0.3 is 7.16 Å². The Kier molecular flexibility index (Phi) is 23.5. The Balaban J connectivity index is -0.00000312. The van der Waals surface area contributed by atoms with Crippen LogP contribution in [0.1, 0.15) is 105 Å². The molecule has 0 heterocycles. The van der Waals surface area contributed by atoms with E-state index in [1.54, 1.807) is 0 Å². The fraction of sp³-hybridized carbons (Fsp3) is 0.905. The van der Waals surface area contributed by atoms with Crippen LogP contribution < -0.4 is 35.3 Å². The minimum atomic E-state index is -3.46. The van der Waals surface area contributed by atoms with Crippen LogP contribution >= 0.6 is 0 Å². The minimum Gasteiger partial charge on any atom is -1.00 e. The van der Waals surface area contributed by atoms with Crippen LogP contribution in [0.15, 0.2) is 12.2 Å². The van der Waals surface area contributed by atoms with Gasteiger partial charge in [-0.25, -0.2) is 0 Å².